The van der Waals surface area contributed by atoms with Gasteiger partial charge in [0.1, 0.15) is 0 Å². The van der Waals surface area contributed by atoms with E-state index in [9.17, 15) is 0 Å². The maximum Gasteiger partial charge on any atom is 0.180 e. The second kappa shape index (κ2) is 7.28. The molecule has 0 radical (unpaired) electrons. The van der Waals surface area contributed by atoms with Gasteiger partial charge in [0.05, 0.1) is 0 Å². The summed E-state index contributed by atoms with van der Waals surface area (Å²) in [5, 5.41) is 11.2. The van der Waals surface area contributed by atoms with Crippen LogP contribution in [0.5, 0.6) is 0 Å². The third-order valence-electron chi connectivity index (χ3n) is 7.62. The molecule has 0 nitrogen and oxygen atoms in total. The van der Waals surface area contributed by atoms with Gasteiger partial charge in [0.25, 0.3) is 0 Å². The van der Waals surface area contributed by atoms with Crippen LogP contribution in [0.4, 0.5) is 0 Å². The van der Waals surface area contributed by atoms with Crippen molar-refractivity contribution in [1.82, 2.24) is 0 Å². The van der Waals surface area contributed by atoms with Crippen molar-refractivity contribution in [3.05, 3.63) is 133 Å². The van der Waals surface area contributed by atoms with Crippen LogP contribution in [-0.2, 0) is 0 Å². The van der Waals surface area contributed by atoms with Gasteiger partial charge < -0.3 is 0 Å². The van der Waals surface area contributed by atoms with Crippen LogP contribution in [0.2, 0.25) is 0 Å². The van der Waals surface area contributed by atoms with Gasteiger partial charge in [-0.2, -0.15) is 0 Å². The Balaban J connectivity index is 1.68. The van der Waals surface area contributed by atoms with Crippen LogP contribution in [-0.4, -0.2) is 8.07 Å². The molecule has 0 amide bonds. The van der Waals surface area contributed by atoms with Crippen LogP contribution >= 0.6 is 0 Å². The van der Waals surface area contributed by atoms with Crippen molar-refractivity contribution in [2.75, 3.05) is 0 Å². The van der Waals surface area contributed by atoms with Gasteiger partial charge in [0.2, 0.25) is 0 Å². The molecule has 160 valence electrons. The van der Waals surface area contributed by atoms with Gasteiger partial charge in [-0.3, -0.25) is 0 Å². The molecular weight excluding hydrogens is 424 g/mol. The Kier molecular flexibility index (Phi) is 4.18. The highest BCUT2D eigenvalue weighted by Crippen LogP contribution is 2.37. The average molecular weight is 449 g/mol. The molecule has 1 heteroatoms. The van der Waals surface area contributed by atoms with Crippen molar-refractivity contribution < 1.29 is 0 Å². The first-order valence-electron chi connectivity index (χ1n) is 12.0. The standard InChI is InChI=1S/C33H24Si/c1-23-15-18-26(19-16-23)34(25-10-3-2-4-11-25)31-14-8-7-13-30(31)33-29-20-17-24-9-5-6-12-27(24)28(29)21-22-32(33)34/h2-22H,1H3. The summed E-state index contributed by atoms with van der Waals surface area (Å²) < 4.78 is 0. The molecule has 1 heterocycles. The quantitative estimate of drug-likeness (QED) is 0.236. The molecule has 1 unspecified atom stereocenters. The Bertz CT molecular complexity index is 1700. The first-order chi connectivity index (χ1) is 16.8. The van der Waals surface area contributed by atoms with Gasteiger partial charge in [0.15, 0.2) is 8.07 Å². The largest absolute Gasteiger partial charge is 0.180 e. The van der Waals surface area contributed by atoms with E-state index in [1.165, 1.54) is 59.0 Å². The van der Waals surface area contributed by atoms with Gasteiger partial charge in [-0.05, 0) is 60.3 Å². The van der Waals surface area contributed by atoms with Gasteiger partial charge in [-0.1, -0.05) is 133 Å². The zero-order chi connectivity index (χ0) is 22.7. The van der Waals surface area contributed by atoms with Gasteiger partial charge in [-0.15, -0.1) is 0 Å². The molecule has 6 aromatic rings. The topological polar surface area (TPSA) is 0 Å². The lowest BCUT2D eigenvalue weighted by molar-refractivity contribution is 1.49. The van der Waals surface area contributed by atoms with Crippen LogP contribution in [0.3, 0.4) is 0 Å². The van der Waals surface area contributed by atoms with Crippen molar-refractivity contribution in [3.63, 3.8) is 0 Å². The smallest absolute Gasteiger partial charge is 0.0623 e. The van der Waals surface area contributed by atoms with Crippen molar-refractivity contribution in [2.45, 2.75) is 6.92 Å². The molecule has 7 rings (SSSR count). The summed E-state index contributed by atoms with van der Waals surface area (Å²) in [7, 11) is -2.43. The Morgan fingerprint density at radius 1 is 0.441 bits per heavy atom. The molecule has 0 aliphatic carbocycles. The Labute approximate surface area is 201 Å². The normalized spacial score (nSPS) is 16.5. The summed E-state index contributed by atoms with van der Waals surface area (Å²) in [6.07, 6.45) is 0. The molecule has 0 fully saturated rings. The number of hydrogen-bond acceptors (Lipinski definition) is 0. The Morgan fingerprint density at radius 2 is 1.12 bits per heavy atom. The lowest BCUT2D eigenvalue weighted by Gasteiger charge is -2.31. The highest BCUT2D eigenvalue weighted by Gasteiger charge is 2.48. The highest BCUT2D eigenvalue weighted by atomic mass is 28.3. The first kappa shape index (κ1) is 19.5. The SMILES string of the molecule is Cc1ccc([Si]2(c3ccccc3)c3ccccc3-c3c2ccc2c3ccc3ccccc32)cc1. The van der Waals surface area contributed by atoms with Gasteiger partial charge in [-0.25, -0.2) is 0 Å². The van der Waals surface area contributed by atoms with E-state index in [1.54, 1.807) is 0 Å². The Hall–Kier alpha value is -3.94. The summed E-state index contributed by atoms with van der Waals surface area (Å²) in [6, 6.07) is 47.9. The third kappa shape index (κ3) is 2.53. The predicted octanol–water partition coefficient (Wildman–Crippen LogP) is 5.66. The minimum atomic E-state index is -2.43. The molecular formula is C33H24Si. The van der Waals surface area contributed by atoms with Crippen molar-refractivity contribution >= 4 is 50.4 Å². The lowest BCUT2D eigenvalue weighted by Crippen LogP contribution is -2.72. The number of fused-ring (bicyclic) bond motifs is 7. The molecule has 1 aliphatic heterocycles. The molecule has 1 atom stereocenters. The van der Waals surface area contributed by atoms with Gasteiger partial charge in [0, 0.05) is 0 Å². The molecule has 0 aromatic heterocycles. The minimum absolute atomic E-state index is 1.30. The van der Waals surface area contributed by atoms with Crippen LogP contribution in [0.1, 0.15) is 5.56 Å². The fraction of sp³-hybridized carbons (Fsp3) is 0.0303. The number of hydrogen-bond donors (Lipinski definition) is 0. The van der Waals surface area contributed by atoms with Crippen LogP contribution in [0, 0.1) is 6.92 Å². The van der Waals surface area contributed by atoms with E-state index >= 15 is 0 Å². The van der Waals surface area contributed by atoms with E-state index in [2.05, 4.69) is 134 Å². The van der Waals surface area contributed by atoms with E-state index < -0.39 is 8.07 Å². The van der Waals surface area contributed by atoms with Crippen LogP contribution in [0.25, 0.3) is 32.7 Å². The number of benzene rings is 6. The molecule has 0 bridgehead atoms. The number of aryl methyl sites for hydroxylation is 1. The van der Waals surface area contributed by atoms with E-state index in [4.69, 9.17) is 0 Å². The summed E-state index contributed by atoms with van der Waals surface area (Å²) in [4.78, 5) is 0. The minimum Gasteiger partial charge on any atom is -0.0623 e. The first-order valence-corrected chi connectivity index (χ1v) is 14.0. The van der Waals surface area contributed by atoms with E-state index in [0.29, 0.717) is 0 Å². The molecule has 0 N–H and O–H groups in total. The van der Waals surface area contributed by atoms with E-state index in [-0.39, 0.29) is 0 Å². The fourth-order valence-electron chi connectivity index (χ4n) is 6.14. The van der Waals surface area contributed by atoms with Crippen molar-refractivity contribution in [3.8, 4) is 11.1 Å². The fourth-order valence-corrected chi connectivity index (χ4v) is 11.3. The maximum absolute atomic E-state index is 2.45. The molecule has 0 saturated carbocycles. The van der Waals surface area contributed by atoms with E-state index in [1.807, 2.05) is 0 Å². The van der Waals surface area contributed by atoms with Crippen LogP contribution in [0.15, 0.2) is 127 Å². The molecule has 1 aliphatic rings. The molecule has 0 saturated heterocycles. The average Bonchev–Trinajstić information content (AvgIpc) is 3.21. The lowest BCUT2D eigenvalue weighted by atomic mass is 9.95. The van der Waals surface area contributed by atoms with Crippen LogP contribution < -0.4 is 20.7 Å². The zero-order valence-corrected chi connectivity index (χ0v) is 20.1. The van der Waals surface area contributed by atoms with Crippen molar-refractivity contribution in [1.29, 1.82) is 0 Å². The summed E-state index contributed by atoms with van der Waals surface area (Å²) in [5.41, 5.74) is 4.13. The van der Waals surface area contributed by atoms with Crippen molar-refractivity contribution in [2.24, 2.45) is 0 Å². The second-order valence-electron chi connectivity index (χ2n) is 9.40. The number of rotatable bonds is 2. The molecule has 0 spiro atoms. The van der Waals surface area contributed by atoms with E-state index in [0.717, 1.165) is 0 Å². The summed E-state index contributed by atoms with van der Waals surface area (Å²) in [5.74, 6) is 0. The monoisotopic (exact) mass is 448 g/mol. The second-order valence-corrected chi connectivity index (χ2v) is 13.1. The highest BCUT2D eigenvalue weighted by molar-refractivity contribution is 7.22. The predicted molar refractivity (Wildman–Crippen MR) is 149 cm³/mol. The molecule has 34 heavy (non-hydrogen) atoms. The maximum atomic E-state index is 2.45. The summed E-state index contributed by atoms with van der Waals surface area (Å²) >= 11 is 0. The third-order valence-corrected chi connectivity index (χ3v) is 12.5. The summed E-state index contributed by atoms with van der Waals surface area (Å²) in [6.45, 7) is 2.18. The van der Waals surface area contributed by atoms with Gasteiger partial charge >= 0.3 is 0 Å². The molecule has 6 aromatic carbocycles. The Morgan fingerprint density at radius 3 is 1.97 bits per heavy atom. The zero-order valence-electron chi connectivity index (χ0n) is 19.1.